The minimum absolute atomic E-state index is 0.162. The number of thiophene rings is 1. The molecule has 1 aliphatic rings. The van der Waals surface area contributed by atoms with Gasteiger partial charge in [-0.2, -0.15) is 9.29 Å². The second-order valence-corrected chi connectivity index (χ2v) is 9.92. The van der Waals surface area contributed by atoms with Crippen LogP contribution in [0.4, 0.5) is 5.69 Å². The zero-order valence-electron chi connectivity index (χ0n) is 15.7. The Hall–Kier alpha value is -2.56. The van der Waals surface area contributed by atoms with Crippen LogP contribution in [0.15, 0.2) is 50.5 Å². The Morgan fingerprint density at radius 1 is 1.28 bits per heavy atom. The molecule has 1 aromatic carbocycles. The van der Waals surface area contributed by atoms with Gasteiger partial charge in [0.2, 0.25) is 17.6 Å². The molecule has 1 unspecified atom stereocenters. The number of sulfonamides is 1. The number of para-hydroxylation sites is 1. The molecule has 3 heterocycles. The van der Waals surface area contributed by atoms with Crippen LogP contribution in [0.1, 0.15) is 18.7 Å². The molecule has 1 saturated heterocycles. The summed E-state index contributed by atoms with van der Waals surface area (Å²) < 4.78 is 32.3. The third kappa shape index (κ3) is 4.09. The van der Waals surface area contributed by atoms with Gasteiger partial charge in [0.15, 0.2) is 0 Å². The summed E-state index contributed by atoms with van der Waals surface area (Å²) in [4.78, 5) is 17.1. The van der Waals surface area contributed by atoms with Crippen LogP contribution in [0.2, 0.25) is 0 Å². The Bertz CT molecular complexity index is 1110. The van der Waals surface area contributed by atoms with Crippen molar-refractivity contribution in [1.29, 1.82) is 0 Å². The molecular formula is C19H20N4O4S2. The molecule has 1 atom stereocenters. The van der Waals surface area contributed by atoms with Crippen LogP contribution in [-0.2, 0) is 14.8 Å². The highest BCUT2D eigenvalue weighted by Gasteiger charge is 2.34. The smallest absolute Gasteiger partial charge is 0.252 e. The molecule has 3 aromatic rings. The number of nitrogens with one attached hydrogen (secondary N) is 1. The fourth-order valence-corrected chi connectivity index (χ4v) is 6.01. The standard InChI is InChI=1S/C19H20N4O4S2/c1-13-20-18(22-27-13)15-7-2-3-8-16(15)21-19(24)14-6-4-10-23(12-14)29(25,26)17-9-5-11-28-17/h2-3,5,7-9,11,14H,4,6,10,12H2,1H3,(H,21,24). The van der Waals surface area contributed by atoms with E-state index in [4.69, 9.17) is 4.52 Å². The Morgan fingerprint density at radius 2 is 2.10 bits per heavy atom. The van der Waals surface area contributed by atoms with Gasteiger partial charge in [-0.05, 0) is 36.4 Å². The van der Waals surface area contributed by atoms with Gasteiger partial charge in [0.25, 0.3) is 10.0 Å². The highest BCUT2D eigenvalue weighted by atomic mass is 32.2. The van der Waals surface area contributed by atoms with Crippen molar-refractivity contribution in [3.05, 3.63) is 47.7 Å². The highest BCUT2D eigenvalue weighted by molar-refractivity contribution is 7.91. The lowest BCUT2D eigenvalue weighted by molar-refractivity contribution is -0.120. The Morgan fingerprint density at radius 3 is 2.83 bits per heavy atom. The van der Waals surface area contributed by atoms with E-state index in [1.54, 1.807) is 42.6 Å². The minimum Gasteiger partial charge on any atom is -0.339 e. The van der Waals surface area contributed by atoms with E-state index in [1.165, 1.54) is 15.6 Å². The Balaban J connectivity index is 1.51. The van der Waals surface area contributed by atoms with Crippen molar-refractivity contribution < 1.29 is 17.7 Å². The number of anilines is 1. The van der Waals surface area contributed by atoms with E-state index < -0.39 is 15.9 Å². The summed E-state index contributed by atoms with van der Waals surface area (Å²) in [5.74, 6) is 0.175. The van der Waals surface area contributed by atoms with Crippen LogP contribution < -0.4 is 5.32 Å². The van der Waals surface area contributed by atoms with Gasteiger partial charge in [-0.1, -0.05) is 23.4 Å². The van der Waals surface area contributed by atoms with Crippen LogP contribution >= 0.6 is 11.3 Å². The van der Waals surface area contributed by atoms with Gasteiger partial charge in [-0.25, -0.2) is 8.42 Å². The first-order valence-electron chi connectivity index (χ1n) is 9.19. The zero-order chi connectivity index (χ0) is 20.4. The molecule has 1 N–H and O–H groups in total. The Labute approximate surface area is 172 Å². The van der Waals surface area contributed by atoms with Crippen molar-refractivity contribution in [1.82, 2.24) is 14.4 Å². The lowest BCUT2D eigenvalue weighted by Crippen LogP contribution is -2.43. The van der Waals surface area contributed by atoms with Crippen LogP contribution in [0.3, 0.4) is 0 Å². The summed E-state index contributed by atoms with van der Waals surface area (Å²) >= 11 is 1.18. The average molecular weight is 433 g/mol. The number of carbonyl (C=O) groups is 1. The molecule has 1 fully saturated rings. The van der Waals surface area contributed by atoms with Gasteiger partial charge in [-0.3, -0.25) is 4.79 Å². The fraction of sp³-hybridized carbons (Fsp3) is 0.316. The first kappa shape index (κ1) is 19.7. The minimum atomic E-state index is -3.57. The van der Waals surface area contributed by atoms with E-state index in [2.05, 4.69) is 15.5 Å². The maximum Gasteiger partial charge on any atom is 0.252 e. The maximum absolute atomic E-state index is 12.9. The van der Waals surface area contributed by atoms with Gasteiger partial charge in [0.1, 0.15) is 4.21 Å². The number of rotatable bonds is 5. The quantitative estimate of drug-likeness (QED) is 0.664. The van der Waals surface area contributed by atoms with Crippen molar-refractivity contribution in [2.45, 2.75) is 24.0 Å². The summed E-state index contributed by atoms with van der Waals surface area (Å²) in [6, 6.07) is 10.5. The number of hydrogen-bond acceptors (Lipinski definition) is 7. The summed E-state index contributed by atoms with van der Waals surface area (Å²) in [7, 11) is -3.57. The molecular weight excluding hydrogens is 412 g/mol. The molecule has 0 aliphatic carbocycles. The molecule has 29 heavy (non-hydrogen) atoms. The van der Waals surface area contributed by atoms with Crippen molar-refractivity contribution >= 4 is 33.0 Å². The molecule has 4 rings (SSSR count). The summed E-state index contributed by atoms with van der Waals surface area (Å²) in [5, 5.41) is 8.56. The average Bonchev–Trinajstić information content (AvgIpc) is 3.41. The SMILES string of the molecule is Cc1nc(-c2ccccc2NC(=O)C2CCCN(S(=O)(=O)c3cccs3)C2)no1. The fourth-order valence-electron chi connectivity index (χ4n) is 3.34. The normalized spacial score (nSPS) is 17.9. The van der Waals surface area contributed by atoms with Crippen molar-refractivity contribution in [3.63, 3.8) is 0 Å². The van der Waals surface area contributed by atoms with Crippen LogP contribution in [-0.4, -0.2) is 41.9 Å². The molecule has 2 aromatic heterocycles. The van der Waals surface area contributed by atoms with Gasteiger partial charge in [-0.15, -0.1) is 11.3 Å². The van der Waals surface area contributed by atoms with E-state index in [-0.39, 0.29) is 12.5 Å². The zero-order valence-corrected chi connectivity index (χ0v) is 17.4. The summed E-state index contributed by atoms with van der Waals surface area (Å²) in [6.45, 7) is 2.28. The van der Waals surface area contributed by atoms with Gasteiger partial charge < -0.3 is 9.84 Å². The highest BCUT2D eigenvalue weighted by Crippen LogP contribution is 2.29. The summed E-state index contributed by atoms with van der Waals surface area (Å²) in [5.41, 5.74) is 1.22. The molecule has 0 radical (unpaired) electrons. The lowest BCUT2D eigenvalue weighted by atomic mass is 9.98. The van der Waals surface area contributed by atoms with Crippen molar-refractivity contribution in [2.24, 2.45) is 5.92 Å². The molecule has 0 saturated carbocycles. The predicted molar refractivity (Wildman–Crippen MR) is 109 cm³/mol. The van der Waals surface area contributed by atoms with Gasteiger partial charge >= 0.3 is 0 Å². The van der Waals surface area contributed by atoms with Crippen LogP contribution in [0, 0.1) is 12.8 Å². The molecule has 0 bridgehead atoms. The van der Waals surface area contributed by atoms with Crippen molar-refractivity contribution in [3.8, 4) is 11.4 Å². The number of benzene rings is 1. The molecule has 152 valence electrons. The second kappa shape index (κ2) is 8.05. The summed E-state index contributed by atoms with van der Waals surface area (Å²) in [6.07, 6.45) is 1.26. The maximum atomic E-state index is 12.9. The third-order valence-corrected chi connectivity index (χ3v) is 8.04. The topological polar surface area (TPSA) is 105 Å². The third-order valence-electron chi connectivity index (χ3n) is 4.80. The number of aromatic nitrogens is 2. The van der Waals surface area contributed by atoms with E-state index >= 15 is 0 Å². The number of nitrogens with zero attached hydrogens (tertiary/aromatic N) is 3. The van der Waals surface area contributed by atoms with Gasteiger partial charge in [0, 0.05) is 25.6 Å². The molecule has 1 amide bonds. The Kier molecular flexibility index (Phi) is 5.48. The van der Waals surface area contributed by atoms with Crippen LogP contribution in [0.5, 0.6) is 0 Å². The first-order valence-corrected chi connectivity index (χ1v) is 11.5. The number of carbonyl (C=O) groups excluding carboxylic acids is 1. The second-order valence-electron chi connectivity index (χ2n) is 6.81. The van der Waals surface area contributed by atoms with Gasteiger partial charge in [0.05, 0.1) is 11.6 Å². The monoisotopic (exact) mass is 432 g/mol. The number of aryl methyl sites for hydroxylation is 1. The van der Waals surface area contributed by atoms with E-state index in [1.807, 2.05) is 6.07 Å². The van der Waals surface area contributed by atoms with E-state index in [9.17, 15) is 13.2 Å². The van der Waals surface area contributed by atoms with E-state index in [0.29, 0.717) is 46.6 Å². The first-order chi connectivity index (χ1) is 13.9. The molecule has 0 spiro atoms. The van der Waals surface area contributed by atoms with E-state index in [0.717, 1.165) is 0 Å². The molecule has 10 heteroatoms. The molecule has 1 aliphatic heterocycles. The largest absolute Gasteiger partial charge is 0.339 e. The number of amides is 1. The van der Waals surface area contributed by atoms with Crippen molar-refractivity contribution in [2.75, 3.05) is 18.4 Å². The number of hydrogen-bond donors (Lipinski definition) is 1. The van der Waals surface area contributed by atoms with Crippen LogP contribution in [0.25, 0.3) is 11.4 Å². The molecule has 8 nitrogen and oxygen atoms in total. The number of piperidine rings is 1. The predicted octanol–water partition coefficient (Wildman–Crippen LogP) is 3.15. The lowest BCUT2D eigenvalue weighted by Gasteiger charge is -2.30.